The number of amides is 1. The first kappa shape index (κ1) is 19.5. The lowest BCUT2D eigenvalue weighted by molar-refractivity contribution is -0.917. The van der Waals surface area contributed by atoms with E-state index in [4.69, 9.17) is 4.74 Å². The third-order valence-corrected chi connectivity index (χ3v) is 5.60. The lowest BCUT2D eigenvalue weighted by atomic mass is 10.1. The van der Waals surface area contributed by atoms with Crippen molar-refractivity contribution in [1.29, 1.82) is 0 Å². The molecule has 5 heteroatoms. The van der Waals surface area contributed by atoms with E-state index in [0.29, 0.717) is 6.04 Å². The summed E-state index contributed by atoms with van der Waals surface area (Å²) in [5.41, 5.74) is 4.42. The molecule has 0 saturated carbocycles. The molecule has 1 aromatic heterocycles. The molecule has 1 aromatic carbocycles. The highest BCUT2D eigenvalue weighted by Gasteiger charge is 2.27. The van der Waals surface area contributed by atoms with Crippen LogP contribution in [0.1, 0.15) is 47.2 Å². The number of benzene rings is 1. The van der Waals surface area contributed by atoms with Crippen LogP contribution in [0.25, 0.3) is 0 Å². The summed E-state index contributed by atoms with van der Waals surface area (Å²) in [4.78, 5) is 16.6. The second-order valence-electron chi connectivity index (χ2n) is 7.82. The summed E-state index contributed by atoms with van der Waals surface area (Å²) in [6.07, 6.45) is 0. The third-order valence-electron chi connectivity index (χ3n) is 5.60. The summed E-state index contributed by atoms with van der Waals surface area (Å²) >= 11 is 0. The van der Waals surface area contributed by atoms with Crippen LogP contribution in [0.4, 0.5) is 0 Å². The molecular weight excluding hydrogens is 338 g/mol. The Labute approximate surface area is 162 Å². The molecule has 1 aliphatic heterocycles. The lowest BCUT2D eigenvalue weighted by Gasteiger charge is -2.32. The minimum atomic E-state index is 0.179. The first-order chi connectivity index (χ1) is 12.9. The number of nitrogens with one attached hydrogen (secondary N) is 1. The fraction of sp³-hybridized carbons (Fsp3) is 0.500. The molecule has 0 radical (unpaired) electrons. The Morgan fingerprint density at radius 3 is 2.30 bits per heavy atom. The van der Waals surface area contributed by atoms with Crippen LogP contribution in [0.15, 0.2) is 30.3 Å². The summed E-state index contributed by atoms with van der Waals surface area (Å²) in [6.45, 7) is 13.1. The fourth-order valence-corrected chi connectivity index (χ4v) is 4.19. The van der Waals surface area contributed by atoms with Gasteiger partial charge in [0.05, 0.1) is 38.9 Å². The Hall–Kier alpha value is -2.27. The van der Waals surface area contributed by atoms with Crippen LogP contribution in [0.3, 0.4) is 0 Å². The Balaban J connectivity index is 1.60. The van der Waals surface area contributed by atoms with Gasteiger partial charge in [0.1, 0.15) is 12.3 Å². The SMILES string of the molecule is COc1ccc(C[NH+]2CCN(C(=O)c3cc(C)n(C(C)C)c3C)CC2)cc1. The van der Waals surface area contributed by atoms with Gasteiger partial charge in [-0.3, -0.25) is 4.79 Å². The summed E-state index contributed by atoms with van der Waals surface area (Å²) in [5, 5.41) is 0. The number of piperazine rings is 1. The van der Waals surface area contributed by atoms with Crippen LogP contribution in [0, 0.1) is 13.8 Å². The zero-order valence-electron chi connectivity index (χ0n) is 17.2. The van der Waals surface area contributed by atoms with Gasteiger partial charge in [-0.05, 0) is 58.0 Å². The van der Waals surface area contributed by atoms with Crippen molar-refractivity contribution in [2.75, 3.05) is 33.3 Å². The molecule has 0 unspecified atom stereocenters. The highest BCUT2D eigenvalue weighted by atomic mass is 16.5. The highest BCUT2D eigenvalue weighted by Crippen LogP contribution is 2.21. The van der Waals surface area contributed by atoms with E-state index in [2.05, 4.69) is 44.4 Å². The van der Waals surface area contributed by atoms with Crippen molar-refractivity contribution in [3.63, 3.8) is 0 Å². The zero-order chi connectivity index (χ0) is 19.6. The van der Waals surface area contributed by atoms with Gasteiger partial charge in [0.25, 0.3) is 5.91 Å². The molecule has 1 saturated heterocycles. The van der Waals surface area contributed by atoms with Crippen molar-refractivity contribution in [1.82, 2.24) is 9.47 Å². The van der Waals surface area contributed by atoms with Gasteiger partial charge in [0.15, 0.2) is 0 Å². The normalized spacial score (nSPS) is 15.4. The molecule has 5 nitrogen and oxygen atoms in total. The minimum absolute atomic E-state index is 0.179. The van der Waals surface area contributed by atoms with Crippen LogP contribution in [-0.4, -0.2) is 48.7 Å². The van der Waals surface area contributed by atoms with Crippen molar-refractivity contribution in [3.05, 3.63) is 52.8 Å². The Bertz CT molecular complexity index is 785. The molecule has 2 aromatic rings. The van der Waals surface area contributed by atoms with E-state index in [1.54, 1.807) is 7.11 Å². The molecule has 0 spiro atoms. The van der Waals surface area contributed by atoms with E-state index in [0.717, 1.165) is 55.4 Å². The van der Waals surface area contributed by atoms with Crippen LogP contribution in [-0.2, 0) is 6.54 Å². The molecule has 0 atom stereocenters. The summed E-state index contributed by atoms with van der Waals surface area (Å²) in [7, 11) is 1.69. The molecule has 1 amide bonds. The number of hydrogen-bond donors (Lipinski definition) is 1. The molecule has 146 valence electrons. The predicted octanol–water partition coefficient (Wildman–Crippen LogP) is 2.24. The van der Waals surface area contributed by atoms with Crippen molar-refractivity contribution < 1.29 is 14.4 Å². The number of carbonyl (C=O) groups excluding carboxylic acids is 1. The minimum Gasteiger partial charge on any atom is -0.497 e. The first-order valence-electron chi connectivity index (χ1n) is 9.85. The predicted molar refractivity (Wildman–Crippen MR) is 108 cm³/mol. The Morgan fingerprint density at radius 2 is 1.78 bits per heavy atom. The number of methoxy groups -OCH3 is 1. The molecule has 1 fully saturated rings. The average Bonchev–Trinajstić information content (AvgIpc) is 2.96. The molecule has 0 bridgehead atoms. The van der Waals surface area contributed by atoms with E-state index < -0.39 is 0 Å². The van der Waals surface area contributed by atoms with Gasteiger partial charge in [-0.2, -0.15) is 0 Å². The van der Waals surface area contributed by atoms with Crippen LogP contribution in [0.2, 0.25) is 0 Å². The second kappa shape index (κ2) is 8.17. The van der Waals surface area contributed by atoms with E-state index in [9.17, 15) is 4.79 Å². The molecule has 3 rings (SSSR count). The van der Waals surface area contributed by atoms with E-state index in [1.807, 2.05) is 23.1 Å². The standard InChI is InChI=1S/C22H31N3O2/c1-16(2)25-17(3)14-21(18(25)4)22(26)24-12-10-23(11-13-24)15-19-6-8-20(27-5)9-7-19/h6-9,14,16H,10-13,15H2,1-5H3/p+1. The topological polar surface area (TPSA) is 38.9 Å². The zero-order valence-corrected chi connectivity index (χ0v) is 17.2. The highest BCUT2D eigenvalue weighted by molar-refractivity contribution is 5.95. The molecule has 0 aliphatic carbocycles. The van der Waals surface area contributed by atoms with Crippen LogP contribution < -0.4 is 9.64 Å². The summed E-state index contributed by atoms with van der Waals surface area (Å²) in [5.74, 6) is 1.07. The second-order valence-corrected chi connectivity index (χ2v) is 7.82. The van der Waals surface area contributed by atoms with Gasteiger partial charge < -0.3 is 19.1 Å². The van der Waals surface area contributed by atoms with Gasteiger partial charge in [-0.1, -0.05) is 0 Å². The largest absolute Gasteiger partial charge is 0.497 e. The fourth-order valence-electron chi connectivity index (χ4n) is 4.19. The number of carbonyl (C=O) groups is 1. The number of nitrogens with zero attached hydrogens (tertiary/aromatic N) is 2. The van der Waals surface area contributed by atoms with E-state index in [-0.39, 0.29) is 5.91 Å². The molecule has 27 heavy (non-hydrogen) atoms. The number of rotatable bonds is 5. The Kier molecular flexibility index (Phi) is 5.90. The smallest absolute Gasteiger partial charge is 0.256 e. The number of hydrogen-bond acceptors (Lipinski definition) is 2. The number of ether oxygens (including phenoxy) is 1. The summed E-state index contributed by atoms with van der Waals surface area (Å²) < 4.78 is 7.47. The lowest BCUT2D eigenvalue weighted by Crippen LogP contribution is -3.13. The van der Waals surface area contributed by atoms with Crippen molar-refractivity contribution in [2.24, 2.45) is 0 Å². The number of quaternary nitrogens is 1. The monoisotopic (exact) mass is 370 g/mol. The molecule has 1 N–H and O–H groups in total. The maximum Gasteiger partial charge on any atom is 0.256 e. The number of aromatic nitrogens is 1. The summed E-state index contributed by atoms with van der Waals surface area (Å²) in [6, 6.07) is 10.7. The van der Waals surface area contributed by atoms with E-state index >= 15 is 0 Å². The van der Waals surface area contributed by atoms with Gasteiger partial charge in [0.2, 0.25) is 0 Å². The third kappa shape index (κ3) is 4.19. The number of aryl methyl sites for hydroxylation is 1. The van der Waals surface area contributed by atoms with Gasteiger partial charge in [0, 0.05) is 23.0 Å². The molecule has 1 aliphatic rings. The van der Waals surface area contributed by atoms with Gasteiger partial charge >= 0.3 is 0 Å². The van der Waals surface area contributed by atoms with Crippen molar-refractivity contribution in [2.45, 2.75) is 40.3 Å². The first-order valence-corrected chi connectivity index (χ1v) is 9.85. The van der Waals surface area contributed by atoms with Crippen LogP contribution >= 0.6 is 0 Å². The maximum absolute atomic E-state index is 13.0. The van der Waals surface area contributed by atoms with Gasteiger partial charge in [-0.25, -0.2) is 0 Å². The van der Waals surface area contributed by atoms with Crippen molar-refractivity contribution >= 4 is 5.91 Å². The van der Waals surface area contributed by atoms with Crippen molar-refractivity contribution in [3.8, 4) is 5.75 Å². The van der Waals surface area contributed by atoms with Crippen LogP contribution in [0.5, 0.6) is 5.75 Å². The van der Waals surface area contributed by atoms with Gasteiger partial charge in [-0.15, -0.1) is 0 Å². The average molecular weight is 371 g/mol. The molecular formula is C22H32N3O2+. The molecule has 2 heterocycles. The maximum atomic E-state index is 13.0. The quantitative estimate of drug-likeness (QED) is 0.877. The van der Waals surface area contributed by atoms with E-state index in [1.165, 1.54) is 10.5 Å². The Morgan fingerprint density at radius 1 is 1.15 bits per heavy atom.